The number of alkyl halides is 2. The van der Waals surface area contributed by atoms with Crippen molar-refractivity contribution >= 4 is 0 Å². The number of rotatable bonds is 8. The van der Waals surface area contributed by atoms with Crippen LogP contribution in [0, 0.1) is 0 Å². The van der Waals surface area contributed by atoms with Gasteiger partial charge in [0.25, 0.3) is 6.43 Å². The minimum Gasteiger partial charge on any atom is -0.374 e. The van der Waals surface area contributed by atoms with Gasteiger partial charge in [0.1, 0.15) is 6.61 Å². The first-order valence-electron chi connectivity index (χ1n) is 6.81. The normalized spacial score (nSPS) is 12.5. The van der Waals surface area contributed by atoms with E-state index in [-0.39, 0.29) is 12.6 Å². The van der Waals surface area contributed by atoms with Gasteiger partial charge >= 0.3 is 0 Å². The highest BCUT2D eigenvalue weighted by molar-refractivity contribution is 5.30. The third kappa shape index (κ3) is 5.21. The maximum atomic E-state index is 12.0. The van der Waals surface area contributed by atoms with Crippen LogP contribution in [0.5, 0.6) is 0 Å². The third-order valence-corrected chi connectivity index (χ3v) is 3.01. The quantitative estimate of drug-likeness (QED) is 0.759. The van der Waals surface area contributed by atoms with E-state index < -0.39 is 13.0 Å². The molecule has 2 rings (SSSR count). The van der Waals surface area contributed by atoms with Gasteiger partial charge in [-0.1, -0.05) is 30.3 Å². The molecule has 0 aliphatic rings. The molecule has 0 aliphatic heterocycles. The van der Waals surface area contributed by atoms with Gasteiger partial charge in [0.05, 0.1) is 12.6 Å². The van der Waals surface area contributed by atoms with Crippen LogP contribution in [0.25, 0.3) is 0 Å². The lowest BCUT2D eigenvalue weighted by molar-refractivity contribution is 0.0184. The van der Waals surface area contributed by atoms with Gasteiger partial charge in [-0.25, -0.2) is 8.78 Å². The van der Waals surface area contributed by atoms with Gasteiger partial charge in [-0.05, 0) is 23.3 Å². The maximum Gasteiger partial charge on any atom is 0.261 e. The topological polar surface area (TPSA) is 34.1 Å². The Labute approximate surface area is 123 Å². The average molecular weight is 292 g/mol. The number of hydrogen-bond acceptors (Lipinski definition) is 3. The van der Waals surface area contributed by atoms with E-state index in [0.29, 0.717) is 6.54 Å². The van der Waals surface area contributed by atoms with Crippen LogP contribution in [-0.2, 0) is 4.74 Å². The molecule has 0 spiro atoms. The summed E-state index contributed by atoms with van der Waals surface area (Å²) >= 11 is 0. The molecule has 0 saturated carbocycles. The van der Waals surface area contributed by atoms with E-state index in [9.17, 15) is 8.78 Å². The van der Waals surface area contributed by atoms with Crippen molar-refractivity contribution in [2.24, 2.45) is 0 Å². The number of hydrogen-bond donors (Lipinski definition) is 1. The molecule has 0 bridgehead atoms. The van der Waals surface area contributed by atoms with Crippen molar-refractivity contribution in [3.63, 3.8) is 0 Å². The monoisotopic (exact) mass is 292 g/mol. The summed E-state index contributed by atoms with van der Waals surface area (Å²) in [6.45, 7) is 0.223. The fourth-order valence-electron chi connectivity index (χ4n) is 2.08. The molecule has 1 atom stereocenters. The van der Waals surface area contributed by atoms with E-state index in [2.05, 4.69) is 10.3 Å². The molecule has 1 heterocycles. The molecule has 0 fully saturated rings. The predicted octanol–water partition coefficient (Wildman–Crippen LogP) is 3.04. The third-order valence-electron chi connectivity index (χ3n) is 3.01. The SMILES string of the molecule is FC(F)COCCNC(c1ccccc1)c1ccncc1. The standard InChI is InChI=1S/C16H18F2N2O/c17-15(18)12-21-11-10-20-16(13-4-2-1-3-5-13)14-6-8-19-9-7-14/h1-9,15-16,20H,10-12H2. The first-order chi connectivity index (χ1) is 10.3. The second kappa shape index (κ2) is 8.44. The number of halogens is 2. The van der Waals surface area contributed by atoms with Gasteiger partial charge in [0, 0.05) is 18.9 Å². The van der Waals surface area contributed by atoms with Crippen molar-refractivity contribution in [3.05, 3.63) is 66.0 Å². The molecular formula is C16H18F2N2O. The Kier molecular flexibility index (Phi) is 6.24. The molecule has 0 saturated heterocycles. The summed E-state index contributed by atoms with van der Waals surface area (Å²) in [5.74, 6) is 0. The van der Waals surface area contributed by atoms with Gasteiger partial charge in [-0.3, -0.25) is 4.98 Å². The number of pyridine rings is 1. The molecule has 1 aromatic heterocycles. The first-order valence-corrected chi connectivity index (χ1v) is 6.81. The lowest BCUT2D eigenvalue weighted by atomic mass is 10.00. The fourth-order valence-corrected chi connectivity index (χ4v) is 2.08. The lowest BCUT2D eigenvalue weighted by Crippen LogP contribution is -2.26. The first kappa shape index (κ1) is 15.5. The lowest BCUT2D eigenvalue weighted by Gasteiger charge is -2.19. The molecule has 5 heteroatoms. The Balaban J connectivity index is 1.97. The summed E-state index contributed by atoms with van der Waals surface area (Å²) in [6, 6.07) is 13.8. The molecule has 1 aromatic carbocycles. The Morgan fingerprint density at radius 3 is 2.33 bits per heavy atom. The van der Waals surface area contributed by atoms with Crippen LogP contribution in [0.2, 0.25) is 0 Å². The van der Waals surface area contributed by atoms with Crippen LogP contribution < -0.4 is 5.32 Å². The molecule has 3 nitrogen and oxygen atoms in total. The molecular weight excluding hydrogens is 274 g/mol. The van der Waals surface area contributed by atoms with E-state index in [4.69, 9.17) is 4.74 Å². The van der Waals surface area contributed by atoms with Gasteiger partial charge in [0.2, 0.25) is 0 Å². The Bertz CT molecular complexity index is 469. The van der Waals surface area contributed by atoms with Crippen LogP contribution in [0.4, 0.5) is 8.78 Å². The largest absolute Gasteiger partial charge is 0.374 e. The summed E-state index contributed by atoms with van der Waals surface area (Å²) in [6.07, 6.45) is 1.05. The minimum absolute atomic E-state index is 0.00986. The predicted molar refractivity (Wildman–Crippen MR) is 77.3 cm³/mol. The zero-order chi connectivity index (χ0) is 14.9. The van der Waals surface area contributed by atoms with Crippen molar-refractivity contribution in [1.82, 2.24) is 10.3 Å². The zero-order valence-electron chi connectivity index (χ0n) is 11.6. The van der Waals surface area contributed by atoms with E-state index in [1.165, 1.54) is 0 Å². The summed E-state index contributed by atoms with van der Waals surface area (Å²) in [5, 5.41) is 3.33. The number of aromatic nitrogens is 1. The highest BCUT2D eigenvalue weighted by atomic mass is 19.3. The van der Waals surface area contributed by atoms with Crippen molar-refractivity contribution in [2.75, 3.05) is 19.8 Å². The van der Waals surface area contributed by atoms with Crippen molar-refractivity contribution in [3.8, 4) is 0 Å². The molecule has 0 radical (unpaired) electrons. The number of nitrogens with zero attached hydrogens (tertiary/aromatic N) is 1. The molecule has 2 aromatic rings. The number of benzene rings is 1. The van der Waals surface area contributed by atoms with Gasteiger partial charge in [0.15, 0.2) is 0 Å². The molecule has 0 aliphatic carbocycles. The Morgan fingerprint density at radius 1 is 1.00 bits per heavy atom. The Morgan fingerprint density at radius 2 is 1.67 bits per heavy atom. The summed E-state index contributed by atoms with van der Waals surface area (Å²) < 4.78 is 28.9. The zero-order valence-corrected chi connectivity index (χ0v) is 11.6. The highest BCUT2D eigenvalue weighted by Gasteiger charge is 2.12. The minimum atomic E-state index is -2.42. The van der Waals surface area contributed by atoms with Crippen LogP contribution in [0.3, 0.4) is 0 Å². The molecule has 112 valence electrons. The van der Waals surface area contributed by atoms with Gasteiger partial charge < -0.3 is 10.1 Å². The van der Waals surface area contributed by atoms with E-state index in [1.54, 1.807) is 12.4 Å². The fraction of sp³-hybridized carbons (Fsp3) is 0.312. The van der Waals surface area contributed by atoms with Gasteiger partial charge in [-0.15, -0.1) is 0 Å². The van der Waals surface area contributed by atoms with Crippen LogP contribution in [0.15, 0.2) is 54.9 Å². The van der Waals surface area contributed by atoms with E-state index >= 15 is 0 Å². The van der Waals surface area contributed by atoms with E-state index in [1.807, 2.05) is 42.5 Å². The highest BCUT2D eigenvalue weighted by Crippen LogP contribution is 2.20. The van der Waals surface area contributed by atoms with Crippen molar-refractivity contribution in [2.45, 2.75) is 12.5 Å². The molecule has 1 N–H and O–H groups in total. The number of ether oxygens (including phenoxy) is 1. The number of nitrogens with one attached hydrogen (secondary N) is 1. The van der Waals surface area contributed by atoms with Crippen LogP contribution in [0.1, 0.15) is 17.2 Å². The molecule has 0 amide bonds. The van der Waals surface area contributed by atoms with Crippen LogP contribution in [-0.4, -0.2) is 31.2 Å². The summed E-state index contributed by atoms with van der Waals surface area (Å²) in [7, 11) is 0. The molecule has 21 heavy (non-hydrogen) atoms. The second-order valence-corrected chi connectivity index (χ2v) is 4.54. The second-order valence-electron chi connectivity index (χ2n) is 4.54. The Hall–Kier alpha value is -1.85. The van der Waals surface area contributed by atoms with Gasteiger partial charge in [-0.2, -0.15) is 0 Å². The van der Waals surface area contributed by atoms with Crippen molar-refractivity contribution < 1.29 is 13.5 Å². The summed E-state index contributed by atoms with van der Waals surface area (Å²) in [5.41, 5.74) is 2.18. The van der Waals surface area contributed by atoms with Crippen molar-refractivity contribution in [1.29, 1.82) is 0 Å². The van der Waals surface area contributed by atoms with E-state index in [0.717, 1.165) is 11.1 Å². The maximum absolute atomic E-state index is 12.0. The average Bonchev–Trinajstić information content (AvgIpc) is 2.52. The smallest absolute Gasteiger partial charge is 0.261 e. The molecule has 1 unspecified atom stereocenters. The summed E-state index contributed by atoms with van der Waals surface area (Å²) in [4.78, 5) is 4.01. The van der Waals surface area contributed by atoms with Crippen LogP contribution >= 0.6 is 0 Å².